The molecule has 0 aliphatic heterocycles. The van der Waals surface area contributed by atoms with Crippen LogP contribution in [0.4, 0.5) is 0 Å². The minimum atomic E-state index is -0.570. The molecule has 0 aliphatic rings. The number of thiol groups is 1. The van der Waals surface area contributed by atoms with E-state index in [2.05, 4.69) is 23.3 Å². The van der Waals surface area contributed by atoms with E-state index >= 15 is 0 Å². The molecule has 1 aromatic rings. The summed E-state index contributed by atoms with van der Waals surface area (Å²) in [7, 11) is 0. The molecule has 104 valence electrons. The average molecular weight is 280 g/mol. The van der Waals surface area contributed by atoms with Crippen molar-refractivity contribution in [2.24, 2.45) is 5.92 Å². The third-order valence-corrected chi connectivity index (χ3v) is 2.96. The van der Waals surface area contributed by atoms with E-state index in [1.54, 1.807) is 31.2 Å². The zero-order valence-electron chi connectivity index (χ0n) is 11.4. The van der Waals surface area contributed by atoms with Crippen molar-refractivity contribution in [3.63, 3.8) is 0 Å². The van der Waals surface area contributed by atoms with Crippen LogP contribution < -0.4 is 10.6 Å². The highest BCUT2D eigenvalue weighted by atomic mass is 32.1. The van der Waals surface area contributed by atoms with Gasteiger partial charge in [0.2, 0.25) is 5.91 Å². The topological polar surface area (TPSA) is 58.2 Å². The van der Waals surface area contributed by atoms with Gasteiger partial charge < -0.3 is 10.6 Å². The van der Waals surface area contributed by atoms with E-state index in [1.165, 1.54) is 0 Å². The molecule has 0 aliphatic carbocycles. The molecule has 2 amide bonds. The molecule has 1 aromatic carbocycles. The number of hydrogen-bond acceptors (Lipinski definition) is 3. The molecule has 0 bridgehead atoms. The van der Waals surface area contributed by atoms with Crippen molar-refractivity contribution in [3.05, 3.63) is 29.8 Å². The molecular weight excluding hydrogens is 260 g/mol. The molecule has 0 aromatic heterocycles. The predicted octanol–water partition coefficient (Wildman–Crippen LogP) is 1.87. The molecule has 0 saturated heterocycles. The molecule has 1 atom stereocenters. The summed E-state index contributed by atoms with van der Waals surface area (Å²) in [5.41, 5.74) is 0.467. The maximum absolute atomic E-state index is 12.0. The Morgan fingerprint density at radius 2 is 1.84 bits per heavy atom. The zero-order chi connectivity index (χ0) is 14.4. The van der Waals surface area contributed by atoms with Crippen LogP contribution in [-0.2, 0) is 4.79 Å². The number of carbonyl (C=O) groups excluding carboxylic acids is 2. The van der Waals surface area contributed by atoms with E-state index in [4.69, 9.17) is 0 Å². The highest BCUT2D eigenvalue weighted by molar-refractivity contribution is 7.80. The number of hydrogen-bond donors (Lipinski definition) is 3. The van der Waals surface area contributed by atoms with Crippen molar-refractivity contribution < 1.29 is 9.59 Å². The minimum Gasteiger partial charge on any atom is -0.354 e. The molecule has 19 heavy (non-hydrogen) atoms. The van der Waals surface area contributed by atoms with Crippen LogP contribution in [-0.4, -0.2) is 24.4 Å². The number of amides is 2. The molecule has 0 saturated carbocycles. The van der Waals surface area contributed by atoms with Crippen LogP contribution in [0.2, 0.25) is 0 Å². The van der Waals surface area contributed by atoms with Crippen LogP contribution in [0.25, 0.3) is 0 Å². The fourth-order valence-corrected chi connectivity index (χ4v) is 1.73. The number of nitrogens with one attached hydrogen (secondary N) is 2. The van der Waals surface area contributed by atoms with Gasteiger partial charge >= 0.3 is 0 Å². The molecule has 0 spiro atoms. The van der Waals surface area contributed by atoms with Crippen molar-refractivity contribution in [2.75, 3.05) is 6.54 Å². The van der Waals surface area contributed by atoms with E-state index in [0.717, 1.165) is 0 Å². The van der Waals surface area contributed by atoms with Crippen molar-refractivity contribution in [2.45, 2.75) is 31.7 Å². The maximum Gasteiger partial charge on any atom is 0.253 e. The SMILES string of the molecule is CC(C)CNC(=O)C(C)NC(=O)c1ccccc1S. The molecule has 5 heteroatoms. The van der Waals surface area contributed by atoms with Gasteiger partial charge in [0.05, 0.1) is 5.56 Å². The Morgan fingerprint density at radius 1 is 1.21 bits per heavy atom. The molecule has 1 unspecified atom stereocenters. The molecule has 1 rings (SSSR count). The number of benzene rings is 1. The molecular formula is C14H20N2O2S. The first-order valence-electron chi connectivity index (χ1n) is 6.28. The highest BCUT2D eigenvalue weighted by Crippen LogP contribution is 2.12. The van der Waals surface area contributed by atoms with Crippen molar-refractivity contribution in [3.8, 4) is 0 Å². The standard InChI is InChI=1S/C14H20N2O2S/c1-9(2)8-15-13(17)10(3)16-14(18)11-6-4-5-7-12(11)19/h4-7,9-10,19H,8H2,1-3H3,(H,15,17)(H,16,18). The lowest BCUT2D eigenvalue weighted by atomic mass is 10.2. The largest absolute Gasteiger partial charge is 0.354 e. The summed E-state index contributed by atoms with van der Waals surface area (Å²) in [5, 5.41) is 5.44. The van der Waals surface area contributed by atoms with E-state index in [-0.39, 0.29) is 11.8 Å². The highest BCUT2D eigenvalue weighted by Gasteiger charge is 2.17. The lowest BCUT2D eigenvalue weighted by Gasteiger charge is -2.15. The van der Waals surface area contributed by atoms with Crippen LogP contribution in [0.15, 0.2) is 29.2 Å². The van der Waals surface area contributed by atoms with Gasteiger partial charge in [0.25, 0.3) is 5.91 Å². The minimum absolute atomic E-state index is 0.182. The van der Waals surface area contributed by atoms with Gasteiger partial charge in [-0.25, -0.2) is 0 Å². The van der Waals surface area contributed by atoms with E-state index < -0.39 is 6.04 Å². The lowest BCUT2D eigenvalue weighted by molar-refractivity contribution is -0.122. The van der Waals surface area contributed by atoms with Crippen LogP contribution in [0.1, 0.15) is 31.1 Å². The molecule has 4 nitrogen and oxygen atoms in total. The summed E-state index contributed by atoms with van der Waals surface area (Å²) in [5.74, 6) is -0.0958. The second-order valence-electron chi connectivity index (χ2n) is 4.85. The summed E-state index contributed by atoms with van der Waals surface area (Å²) in [6.07, 6.45) is 0. The molecule has 2 N–H and O–H groups in total. The Hall–Kier alpha value is -1.49. The van der Waals surface area contributed by atoms with Gasteiger partial charge in [-0.1, -0.05) is 26.0 Å². The fourth-order valence-electron chi connectivity index (χ4n) is 1.46. The molecule has 0 radical (unpaired) electrons. The van der Waals surface area contributed by atoms with Gasteiger partial charge in [-0.15, -0.1) is 12.6 Å². The van der Waals surface area contributed by atoms with Gasteiger partial charge in [-0.2, -0.15) is 0 Å². The van der Waals surface area contributed by atoms with Crippen LogP contribution in [0.3, 0.4) is 0 Å². The molecule has 0 fully saturated rings. The van der Waals surface area contributed by atoms with Gasteiger partial charge in [0.15, 0.2) is 0 Å². The monoisotopic (exact) mass is 280 g/mol. The van der Waals surface area contributed by atoms with Gasteiger partial charge in [0, 0.05) is 11.4 Å². The Balaban J connectivity index is 2.57. The van der Waals surface area contributed by atoms with Gasteiger partial charge in [-0.3, -0.25) is 9.59 Å². The van der Waals surface area contributed by atoms with Crippen molar-refractivity contribution in [1.29, 1.82) is 0 Å². The second-order valence-corrected chi connectivity index (χ2v) is 5.33. The lowest BCUT2D eigenvalue weighted by Crippen LogP contribution is -2.45. The smallest absolute Gasteiger partial charge is 0.253 e. The van der Waals surface area contributed by atoms with Crippen molar-refractivity contribution in [1.82, 2.24) is 10.6 Å². The normalized spacial score (nSPS) is 12.1. The summed E-state index contributed by atoms with van der Waals surface area (Å²) in [6.45, 7) is 6.29. The molecule has 0 heterocycles. The quantitative estimate of drug-likeness (QED) is 0.721. The zero-order valence-corrected chi connectivity index (χ0v) is 12.3. The number of carbonyl (C=O) groups is 2. The average Bonchev–Trinajstić information content (AvgIpc) is 2.36. The van der Waals surface area contributed by atoms with Gasteiger partial charge in [0.1, 0.15) is 6.04 Å². The Bertz CT molecular complexity index is 461. The fraction of sp³-hybridized carbons (Fsp3) is 0.429. The summed E-state index contributed by atoms with van der Waals surface area (Å²) < 4.78 is 0. The maximum atomic E-state index is 12.0. The number of rotatable bonds is 5. The van der Waals surface area contributed by atoms with Crippen molar-refractivity contribution >= 4 is 24.4 Å². The first kappa shape index (κ1) is 15.6. The van der Waals surface area contributed by atoms with E-state index in [0.29, 0.717) is 22.9 Å². The van der Waals surface area contributed by atoms with Crippen LogP contribution in [0.5, 0.6) is 0 Å². The van der Waals surface area contributed by atoms with E-state index in [1.807, 2.05) is 13.8 Å². The third kappa shape index (κ3) is 4.95. The second kappa shape index (κ2) is 7.19. The van der Waals surface area contributed by atoms with Gasteiger partial charge in [-0.05, 0) is 25.0 Å². The summed E-state index contributed by atoms with van der Waals surface area (Å²) >= 11 is 4.22. The first-order valence-corrected chi connectivity index (χ1v) is 6.73. The predicted molar refractivity (Wildman–Crippen MR) is 78.5 cm³/mol. The first-order chi connectivity index (χ1) is 8.91. The summed E-state index contributed by atoms with van der Waals surface area (Å²) in [6, 6.07) is 6.41. The Morgan fingerprint density at radius 3 is 2.42 bits per heavy atom. The third-order valence-electron chi connectivity index (χ3n) is 2.57. The van der Waals surface area contributed by atoms with E-state index in [9.17, 15) is 9.59 Å². The Labute approximate surface area is 119 Å². The van der Waals surface area contributed by atoms with Crippen LogP contribution in [0, 0.1) is 5.92 Å². The Kier molecular flexibility index (Phi) is 5.89. The van der Waals surface area contributed by atoms with Crippen LogP contribution >= 0.6 is 12.6 Å². The summed E-state index contributed by atoms with van der Waals surface area (Å²) in [4.78, 5) is 24.3.